The van der Waals surface area contributed by atoms with Crippen LogP contribution in [-0.4, -0.2) is 27.5 Å². The van der Waals surface area contributed by atoms with Crippen molar-refractivity contribution in [3.8, 4) is 17.6 Å². The largest absolute Gasteiger partial charge is 0.506 e. The lowest BCUT2D eigenvalue weighted by molar-refractivity contribution is 0.102. The molecule has 100 valence electrons. The van der Waals surface area contributed by atoms with Gasteiger partial charge in [0.05, 0.1) is 18.3 Å². The molecule has 20 heavy (non-hydrogen) atoms. The van der Waals surface area contributed by atoms with Crippen LogP contribution in [0.2, 0.25) is 0 Å². The first kappa shape index (κ1) is 13.5. The van der Waals surface area contributed by atoms with Gasteiger partial charge in [-0.25, -0.2) is 4.98 Å². The van der Waals surface area contributed by atoms with Gasteiger partial charge >= 0.3 is 0 Å². The Morgan fingerprint density at radius 1 is 1.40 bits per heavy atom. The molecule has 0 saturated heterocycles. The van der Waals surface area contributed by atoms with Gasteiger partial charge in [0.2, 0.25) is 0 Å². The summed E-state index contributed by atoms with van der Waals surface area (Å²) in [5.41, 5.74) is 6.04. The van der Waals surface area contributed by atoms with Crippen LogP contribution < -0.4 is 11.1 Å². The number of carbonyl (C=O) groups is 1. The Labute approximate surface area is 115 Å². The lowest BCUT2D eigenvalue weighted by atomic mass is 10.2. The van der Waals surface area contributed by atoms with Crippen molar-refractivity contribution in [2.45, 2.75) is 0 Å². The smallest absolute Gasteiger partial charge is 0.258 e. The van der Waals surface area contributed by atoms with Crippen molar-refractivity contribution < 1.29 is 9.90 Å². The molecule has 0 atom stereocenters. The summed E-state index contributed by atoms with van der Waals surface area (Å²) < 4.78 is 0. The predicted molar refractivity (Wildman–Crippen MR) is 74.0 cm³/mol. The summed E-state index contributed by atoms with van der Waals surface area (Å²) in [6.07, 6.45) is 2.60. The highest BCUT2D eigenvalue weighted by Crippen LogP contribution is 2.11. The quantitative estimate of drug-likeness (QED) is 0.697. The second-order valence-electron chi connectivity index (χ2n) is 3.80. The van der Waals surface area contributed by atoms with Crippen LogP contribution in [0.5, 0.6) is 5.75 Å². The van der Waals surface area contributed by atoms with Gasteiger partial charge < -0.3 is 16.2 Å². The molecule has 0 fully saturated rings. The summed E-state index contributed by atoms with van der Waals surface area (Å²) in [5.74, 6) is 5.34. The van der Waals surface area contributed by atoms with Gasteiger partial charge in [0, 0.05) is 6.20 Å². The summed E-state index contributed by atoms with van der Waals surface area (Å²) in [5, 5.41) is 11.9. The van der Waals surface area contributed by atoms with Crippen molar-refractivity contribution >= 4 is 11.7 Å². The number of nitrogens with zero attached hydrogens (tertiary/aromatic N) is 2. The first-order valence-corrected chi connectivity index (χ1v) is 5.80. The van der Waals surface area contributed by atoms with E-state index in [1.807, 2.05) is 0 Å². The Hall–Kier alpha value is -2.91. The average Bonchev–Trinajstić information content (AvgIpc) is 2.45. The van der Waals surface area contributed by atoms with E-state index in [0.717, 1.165) is 0 Å². The van der Waals surface area contributed by atoms with Crippen LogP contribution in [-0.2, 0) is 0 Å². The SMILES string of the molecule is NCC#Cc1cccc(NC(=O)c2cncc(O)c2)n1. The molecule has 4 N–H and O–H groups in total. The van der Waals surface area contributed by atoms with E-state index >= 15 is 0 Å². The number of hydrogen-bond donors (Lipinski definition) is 3. The number of pyridine rings is 2. The minimum Gasteiger partial charge on any atom is -0.506 e. The number of aromatic hydroxyl groups is 1. The fourth-order valence-corrected chi connectivity index (χ4v) is 1.46. The van der Waals surface area contributed by atoms with Crippen molar-refractivity contribution in [1.82, 2.24) is 9.97 Å². The molecule has 6 nitrogen and oxygen atoms in total. The number of amides is 1. The summed E-state index contributed by atoms with van der Waals surface area (Å²) in [6, 6.07) is 6.40. The standard InChI is InChI=1S/C14H12N4O2/c15-6-2-4-11-3-1-5-13(17-11)18-14(20)10-7-12(19)9-16-8-10/h1,3,5,7-9,19H,6,15H2,(H,17,18,20). The van der Waals surface area contributed by atoms with E-state index in [1.165, 1.54) is 18.5 Å². The molecule has 0 saturated carbocycles. The van der Waals surface area contributed by atoms with Crippen LogP contribution in [0.1, 0.15) is 16.1 Å². The highest BCUT2D eigenvalue weighted by atomic mass is 16.3. The molecule has 0 unspecified atom stereocenters. The molecule has 0 bridgehead atoms. The van der Waals surface area contributed by atoms with Crippen molar-refractivity contribution in [1.29, 1.82) is 0 Å². The van der Waals surface area contributed by atoms with E-state index in [0.29, 0.717) is 11.5 Å². The zero-order chi connectivity index (χ0) is 14.4. The number of anilines is 1. The van der Waals surface area contributed by atoms with Crippen molar-refractivity contribution in [2.24, 2.45) is 5.73 Å². The van der Waals surface area contributed by atoms with E-state index in [9.17, 15) is 9.90 Å². The molecule has 0 aliphatic rings. The number of rotatable bonds is 2. The molecule has 0 radical (unpaired) electrons. The molecule has 2 rings (SSSR count). The normalized spacial score (nSPS) is 9.45. The molecular weight excluding hydrogens is 256 g/mol. The number of nitrogens with two attached hydrogens (primary N) is 1. The molecule has 2 aromatic rings. The first-order chi connectivity index (χ1) is 9.69. The van der Waals surface area contributed by atoms with E-state index in [4.69, 9.17) is 5.73 Å². The Kier molecular flexibility index (Phi) is 4.27. The number of carbonyl (C=O) groups excluding carboxylic acids is 1. The summed E-state index contributed by atoms with van der Waals surface area (Å²) in [7, 11) is 0. The molecule has 0 spiro atoms. The van der Waals surface area contributed by atoms with Crippen molar-refractivity contribution in [3.63, 3.8) is 0 Å². The zero-order valence-electron chi connectivity index (χ0n) is 10.5. The monoisotopic (exact) mass is 268 g/mol. The van der Waals surface area contributed by atoms with Crippen molar-refractivity contribution in [3.05, 3.63) is 47.9 Å². The molecule has 0 aromatic carbocycles. The topological polar surface area (TPSA) is 101 Å². The molecule has 6 heteroatoms. The van der Waals surface area contributed by atoms with Crippen LogP contribution in [0.25, 0.3) is 0 Å². The van der Waals surface area contributed by atoms with Gasteiger partial charge in [-0.15, -0.1) is 0 Å². The maximum atomic E-state index is 11.9. The van der Waals surface area contributed by atoms with Crippen LogP contribution in [0.3, 0.4) is 0 Å². The highest BCUT2D eigenvalue weighted by molar-refractivity contribution is 6.03. The van der Waals surface area contributed by atoms with Crippen LogP contribution in [0.15, 0.2) is 36.7 Å². The fraction of sp³-hybridized carbons (Fsp3) is 0.0714. The lowest BCUT2D eigenvalue weighted by Gasteiger charge is -2.04. The van der Waals surface area contributed by atoms with Gasteiger partial charge in [0.25, 0.3) is 5.91 Å². The van der Waals surface area contributed by atoms with Crippen LogP contribution in [0.4, 0.5) is 5.82 Å². The molecule has 2 aromatic heterocycles. The minimum atomic E-state index is -0.412. The Morgan fingerprint density at radius 3 is 3.00 bits per heavy atom. The third-order valence-electron chi connectivity index (χ3n) is 2.30. The summed E-state index contributed by atoms with van der Waals surface area (Å²) in [4.78, 5) is 19.8. The third kappa shape index (κ3) is 3.54. The van der Waals surface area contributed by atoms with E-state index in [1.54, 1.807) is 18.2 Å². The molecule has 1 amide bonds. The fourth-order valence-electron chi connectivity index (χ4n) is 1.46. The maximum Gasteiger partial charge on any atom is 0.258 e. The van der Waals surface area contributed by atoms with E-state index < -0.39 is 5.91 Å². The van der Waals surface area contributed by atoms with Gasteiger partial charge in [-0.05, 0) is 24.1 Å². The number of nitrogens with one attached hydrogen (secondary N) is 1. The molecule has 2 heterocycles. The Bertz CT molecular complexity index is 689. The second kappa shape index (κ2) is 6.31. The highest BCUT2D eigenvalue weighted by Gasteiger charge is 2.08. The molecule has 0 aliphatic carbocycles. The van der Waals surface area contributed by atoms with Crippen molar-refractivity contribution in [2.75, 3.05) is 11.9 Å². The zero-order valence-corrected chi connectivity index (χ0v) is 10.5. The molecule has 0 aliphatic heterocycles. The predicted octanol–water partition coefficient (Wildman–Crippen LogP) is 0.745. The Balaban J connectivity index is 2.15. The van der Waals surface area contributed by atoms with Gasteiger partial charge in [-0.3, -0.25) is 9.78 Å². The van der Waals surface area contributed by atoms with E-state index in [2.05, 4.69) is 27.1 Å². The summed E-state index contributed by atoms with van der Waals surface area (Å²) >= 11 is 0. The summed E-state index contributed by atoms with van der Waals surface area (Å²) in [6.45, 7) is 0.243. The minimum absolute atomic E-state index is 0.0758. The van der Waals surface area contributed by atoms with Gasteiger partial charge in [-0.2, -0.15) is 0 Å². The maximum absolute atomic E-state index is 11.9. The van der Waals surface area contributed by atoms with Gasteiger partial charge in [0.15, 0.2) is 0 Å². The van der Waals surface area contributed by atoms with Crippen LogP contribution >= 0.6 is 0 Å². The number of hydrogen-bond acceptors (Lipinski definition) is 5. The lowest BCUT2D eigenvalue weighted by Crippen LogP contribution is -2.13. The van der Waals surface area contributed by atoms with Crippen LogP contribution in [0, 0.1) is 11.8 Å². The molecular formula is C14H12N4O2. The third-order valence-corrected chi connectivity index (χ3v) is 2.30. The van der Waals surface area contributed by atoms with Gasteiger partial charge in [-0.1, -0.05) is 12.0 Å². The van der Waals surface area contributed by atoms with E-state index in [-0.39, 0.29) is 17.9 Å². The average molecular weight is 268 g/mol. The number of aromatic nitrogens is 2. The second-order valence-corrected chi connectivity index (χ2v) is 3.80. The first-order valence-electron chi connectivity index (χ1n) is 5.80. The van der Waals surface area contributed by atoms with Gasteiger partial charge in [0.1, 0.15) is 17.3 Å². The Morgan fingerprint density at radius 2 is 2.25 bits per heavy atom.